The van der Waals surface area contributed by atoms with E-state index in [4.69, 9.17) is 5.73 Å². The summed E-state index contributed by atoms with van der Waals surface area (Å²) in [5.41, 5.74) is 7.37. The molecule has 0 aliphatic heterocycles. The molecule has 3 nitrogen and oxygen atoms in total. The Balaban J connectivity index is 2.68. The summed E-state index contributed by atoms with van der Waals surface area (Å²) in [4.78, 5) is 12.0. The molecule has 0 aliphatic rings. The molecule has 0 aliphatic carbocycles. The molecule has 108 valence electrons. The fourth-order valence-electron chi connectivity index (χ4n) is 2.08. The highest BCUT2D eigenvalue weighted by Gasteiger charge is 2.16. The maximum absolute atomic E-state index is 12.0. The fourth-order valence-corrected chi connectivity index (χ4v) is 2.08. The third-order valence-electron chi connectivity index (χ3n) is 3.46. The lowest BCUT2D eigenvalue weighted by molar-refractivity contribution is -0.125. The zero-order valence-electron chi connectivity index (χ0n) is 12.6. The van der Waals surface area contributed by atoms with Crippen molar-refractivity contribution in [2.24, 2.45) is 11.7 Å². The number of rotatable bonds is 5. The van der Waals surface area contributed by atoms with Crippen LogP contribution in [0.5, 0.6) is 0 Å². The topological polar surface area (TPSA) is 55.1 Å². The third-order valence-corrected chi connectivity index (χ3v) is 3.46. The Labute approximate surface area is 121 Å². The van der Waals surface area contributed by atoms with Gasteiger partial charge in [-0.05, 0) is 37.5 Å². The van der Waals surface area contributed by atoms with E-state index >= 15 is 0 Å². The molecular weight excluding hydrogens is 248 g/mol. The molecule has 1 unspecified atom stereocenters. The zero-order chi connectivity index (χ0) is 15.0. The first kappa shape index (κ1) is 16.3. The molecule has 1 aromatic rings. The van der Waals surface area contributed by atoms with Crippen LogP contribution in [0.2, 0.25) is 0 Å². The zero-order valence-corrected chi connectivity index (χ0v) is 12.6. The van der Waals surface area contributed by atoms with Crippen LogP contribution >= 0.6 is 0 Å². The molecule has 0 radical (unpaired) electrons. The number of hydrogen-bond donors (Lipinski definition) is 2. The number of hydrogen-bond acceptors (Lipinski definition) is 2. The molecule has 0 spiro atoms. The van der Waals surface area contributed by atoms with Crippen molar-refractivity contribution >= 4 is 5.91 Å². The molecule has 0 saturated carbocycles. The lowest BCUT2D eigenvalue weighted by Crippen LogP contribution is -2.32. The highest BCUT2D eigenvalue weighted by atomic mass is 16.1. The van der Waals surface area contributed by atoms with Crippen molar-refractivity contribution in [1.29, 1.82) is 0 Å². The van der Waals surface area contributed by atoms with Gasteiger partial charge in [-0.15, -0.1) is 0 Å². The van der Waals surface area contributed by atoms with Gasteiger partial charge in [0.25, 0.3) is 0 Å². The van der Waals surface area contributed by atoms with Crippen LogP contribution in [0.15, 0.2) is 24.3 Å². The SMILES string of the molecule is CCC(CC)C(=O)NC(C)c1ccc(C#CCN)cc1. The lowest BCUT2D eigenvalue weighted by atomic mass is 10.0. The minimum absolute atomic E-state index is 0.0135. The first-order valence-electron chi connectivity index (χ1n) is 7.21. The van der Waals surface area contributed by atoms with Crippen LogP contribution in [0.3, 0.4) is 0 Å². The second kappa shape index (κ2) is 8.39. The van der Waals surface area contributed by atoms with Crippen molar-refractivity contribution in [2.45, 2.75) is 39.7 Å². The standard InChI is InChI=1S/C17H24N2O/c1-4-15(5-2)17(20)19-13(3)16-10-8-14(9-11-16)7-6-12-18/h8-11,13,15H,4-5,12,18H2,1-3H3,(H,19,20). The Morgan fingerprint density at radius 3 is 2.35 bits per heavy atom. The maximum Gasteiger partial charge on any atom is 0.223 e. The van der Waals surface area contributed by atoms with Crippen LogP contribution in [0, 0.1) is 17.8 Å². The molecule has 1 rings (SSSR count). The first-order valence-corrected chi connectivity index (χ1v) is 7.21. The Morgan fingerprint density at radius 2 is 1.85 bits per heavy atom. The number of carbonyl (C=O) groups is 1. The van der Waals surface area contributed by atoms with E-state index in [-0.39, 0.29) is 17.9 Å². The fraction of sp³-hybridized carbons (Fsp3) is 0.471. The molecule has 0 fully saturated rings. The largest absolute Gasteiger partial charge is 0.349 e. The van der Waals surface area contributed by atoms with Gasteiger partial charge in [0.2, 0.25) is 5.91 Å². The second-order valence-electron chi connectivity index (χ2n) is 4.87. The van der Waals surface area contributed by atoms with Gasteiger partial charge in [-0.3, -0.25) is 4.79 Å². The van der Waals surface area contributed by atoms with Gasteiger partial charge in [0.15, 0.2) is 0 Å². The summed E-state index contributed by atoms with van der Waals surface area (Å²) in [5.74, 6) is 6.05. The molecule has 0 aromatic heterocycles. The monoisotopic (exact) mass is 272 g/mol. The van der Waals surface area contributed by atoms with Crippen LogP contribution in [0.25, 0.3) is 0 Å². The van der Waals surface area contributed by atoms with Crippen LogP contribution in [-0.4, -0.2) is 12.5 Å². The summed E-state index contributed by atoms with van der Waals surface area (Å²) < 4.78 is 0. The van der Waals surface area contributed by atoms with Gasteiger partial charge in [0.1, 0.15) is 0 Å². The van der Waals surface area contributed by atoms with E-state index < -0.39 is 0 Å². The predicted molar refractivity (Wildman–Crippen MR) is 83.0 cm³/mol. The minimum Gasteiger partial charge on any atom is -0.349 e. The molecular formula is C17H24N2O. The number of nitrogens with one attached hydrogen (secondary N) is 1. The average molecular weight is 272 g/mol. The van der Waals surface area contributed by atoms with E-state index in [1.165, 1.54) is 0 Å². The molecule has 1 amide bonds. The Morgan fingerprint density at radius 1 is 1.25 bits per heavy atom. The summed E-state index contributed by atoms with van der Waals surface area (Å²) in [7, 11) is 0. The quantitative estimate of drug-likeness (QED) is 0.810. The summed E-state index contributed by atoms with van der Waals surface area (Å²) in [6, 6.07) is 7.92. The Kier molecular flexibility index (Phi) is 6.83. The van der Waals surface area contributed by atoms with E-state index in [1.807, 2.05) is 45.0 Å². The molecule has 3 heteroatoms. The molecule has 20 heavy (non-hydrogen) atoms. The van der Waals surface area contributed by atoms with Crippen molar-refractivity contribution in [1.82, 2.24) is 5.32 Å². The minimum atomic E-state index is 0.0135. The molecule has 1 aromatic carbocycles. The van der Waals surface area contributed by atoms with E-state index in [0.29, 0.717) is 6.54 Å². The first-order chi connectivity index (χ1) is 9.62. The van der Waals surface area contributed by atoms with Crippen molar-refractivity contribution in [3.63, 3.8) is 0 Å². The van der Waals surface area contributed by atoms with Crippen molar-refractivity contribution in [3.05, 3.63) is 35.4 Å². The van der Waals surface area contributed by atoms with E-state index in [9.17, 15) is 4.79 Å². The van der Waals surface area contributed by atoms with Crippen molar-refractivity contribution in [3.8, 4) is 11.8 Å². The predicted octanol–water partition coefficient (Wildman–Crippen LogP) is 2.61. The van der Waals surface area contributed by atoms with Gasteiger partial charge < -0.3 is 11.1 Å². The third kappa shape index (κ3) is 4.71. The normalized spacial score (nSPS) is 11.7. The number of nitrogens with two attached hydrogens (primary N) is 1. The number of benzene rings is 1. The number of carbonyl (C=O) groups excluding carboxylic acids is 1. The molecule has 0 bridgehead atoms. The van der Waals surface area contributed by atoms with Crippen LogP contribution in [-0.2, 0) is 4.79 Å². The van der Waals surface area contributed by atoms with Crippen LogP contribution < -0.4 is 11.1 Å². The van der Waals surface area contributed by atoms with E-state index in [2.05, 4.69) is 17.2 Å². The highest BCUT2D eigenvalue weighted by molar-refractivity contribution is 5.78. The molecule has 0 saturated heterocycles. The van der Waals surface area contributed by atoms with Gasteiger partial charge in [0.05, 0.1) is 12.6 Å². The lowest BCUT2D eigenvalue weighted by Gasteiger charge is -2.18. The molecule has 0 heterocycles. The van der Waals surface area contributed by atoms with Crippen LogP contribution in [0.1, 0.15) is 50.8 Å². The highest BCUT2D eigenvalue weighted by Crippen LogP contribution is 2.15. The average Bonchev–Trinajstić information content (AvgIpc) is 2.46. The van der Waals surface area contributed by atoms with Crippen molar-refractivity contribution in [2.75, 3.05) is 6.54 Å². The van der Waals surface area contributed by atoms with E-state index in [0.717, 1.165) is 24.0 Å². The summed E-state index contributed by atoms with van der Waals surface area (Å²) in [6.07, 6.45) is 1.76. The molecule has 3 N–H and O–H groups in total. The van der Waals surface area contributed by atoms with Crippen molar-refractivity contribution < 1.29 is 4.79 Å². The maximum atomic E-state index is 12.0. The van der Waals surface area contributed by atoms with Gasteiger partial charge in [-0.1, -0.05) is 37.8 Å². The second-order valence-corrected chi connectivity index (χ2v) is 4.87. The van der Waals surface area contributed by atoms with Gasteiger partial charge >= 0.3 is 0 Å². The summed E-state index contributed by atoms with van der Waals surface area (Å²) >= 11 is 0. The Hall–Kier alpha value is -1.79. The Bertz CT molecular complexity index is 478. The smallest absolute Gasteiger partial charge is 0.223 e. The van der Waals surface area contributed by atoms with Crippen LogP contribution in [0.4, 0.5) is 0 Å². The summed E-state index contributed by atoms with van der Waals surface area (Å²) in [6.45, 7) is 6.46. The summed E-state index contributed by atoms with van der Waals surface area (Å²) in [5, 5.41) is 3.07. The van der Waals surface area contributed by atoms with Gasteiger partial charge in [0, 0.05) is 11.5 Å². The number of amides is 1. The van der Waals surface area contributed by atoms with Gasteiger partial charge in [-0.25, -0.2) is 0 Å². The molecule has 1 atom stereocenters. The van der Waals surface area contributed by atoms with E-state index in [1.54, 1.807) is 0 Å². The van der Waals surface area contributed by atoms with Gasteiger partial charge in [-0.2, -0.15) is 0 Å².